The molecule has 30 heavy (non-hydrogen) atoms. The van der Waals surface area contributed by atoms with E-state index in [1.165, 1.54) is 7.11 Å². The van der Waals surface area contributed by atoms with Gasteiger partial charge in [-0.1, -0.05) is 35.9 Å². The normalized spacial score (nSPS) is 22.9. The van der Waals surface area contributed by atoms with Crippen molar-refractivity contribution < 1.29 is 19.4 Å². The molecule has 0 aromatic heterocycles. The molecule has 5 nitrogen and oxygen atoms in total. The number of carbonyl (C=O) groups is 1. The number of nitrogens with zero attached hydrogens (tertiary/aromatic N) is 1. The van der Waals surface area contributed by atoms with Crippen LogP contribution in [0.1, 0.15) is 40.7 Å². The Bertz CT molecular complexity index is 921. The summed E-state index contributed by atoms with van der Waals surface area (Å²) in [4.78, 5) is 14.0. The number of esters is 1. The van der Waals surface area contributed by atoms with Crippen molar-refractivity contribution >= 4 is 12.0 Å². The molecule has 2 atom stereocenters. The van der Waals surface area contributed by atoms with Crippen molar-refractivity contribution in [2.45, 2.75) is 24.9 Å². The van der Waals surface area contributed by atoms with E-state index in [1.807, 2.05) is 56.6 Å². The number of benzene rings is 2. The monoisotopic (exact) mass is 409 g/mol. The van der Waals surface area contributed by atoms with E-state index in [4.69, 9.17) is 9.47 Å². The van der Waals surface area contributed by atoms with Crippen molar-refractivity contribution in [3.05, 3.63) is 70.8 Å². The molecule has 0 heterocycles. The van der Waals surface area contributed by atoms with E-state index in [0.717, 1.165) is 41.8 Å². The van der Waals surface area contributed by atoms with Gasteiger partial charge in [0.2, 0.25) is 0 Å². The molecule has 0 spiro atoms. The van der Waals surface area contributed by atoms with Gasteiger partial charge in [-0.05, 0) is 62.3 Å². The maximum absolute atomic E-state index is 11.9. The predicted molar refractivity (Wildman–Crippen MR) is 119 cm³/mol. The van der Waals surface area contributed by atoms with Gasteiger partial charge in [-0.15, -0.1) is 0 Å². The van der Waals surface area contributed by atoms with Crippen molar-refractivity contribution in [2.75, 3.05) is 34.9 Å². The second kappa shape index (κ2) is 9.45. The van der Waals surface area contributed by atoms with Gasteiger partial charge in [0.15, 0.2) is 0 Å². The number of hydrogen-bond acceptors (Lipinski definition) is 5. The van der Waals surface area contributed by atoms with E-state index < -0.39 is 5.60 Å². The SMILES string of the molecule is COC(=O)c1cccc(/C=C2\CCC(CN(C)C)C(O)(c3cccc(OC)c3)C2)c1. The molecule has 1 N–H and O–H groups in total. The number of hydrogen-bond donors (Lipinski definition) is 1. The molecule has 0 radical (unpaired) electrons. The van der Waals surface area contributed by atoms with Gasteiger partial charge >= 0.3 is 5.97 Å². The Balaban J connectivity index is 1.95. The third-order valence-corrected chi connectivity index (χ3v) is 5.82. The Morgan fingerprint density at radius 2 is 1.97 bits per heavy atom. The summed E-state index contributed by atoms with van der Waals surface area (Å²) in [6.45, 7) is 0.804. The highest BCUT2D eigenvalue weighted by atomic mass is 16.5. The Kier molecular flexibility index (Phi) is 6.95. The summed E-state index contributed by atoms with van der Waals surface area (Å²) < 4.78 is 10.2. The molecule has 160 valence electrons. The van der Waals surface area contributed by atoms with Crippen molar-refractivity contribution in [2.24, 2.45) is 5.92 Å². The Morgan fingerprint density at radius 3 is 2.67 bits per heavy atom. The lowest BCUT2D eigenvalue weighted by Gasteiger charge is -2.43. The lowest BCUT2D eigenvalue weighted by Crippen LogP contribution is -2.43. The molecule has 0 saturated heterocycles. The Labute approximate surface area is 178 Å². The quantitative estimate of drug-likeness (QED) is 0.728. The zero-order valence-electron chi connectivity index (χ0n) is 18.2. The van der Waals surface area contributed by atoms with Crippen LogP contribution in [0.3, 0.4) is 0 Å². The number of rotatable bonds is 6. The lowest BCUT2D eigenvalue weighted by molar-refractivity contribution is -0.0472. The van der Waals surface area contributed by atoms with Gasteiger partial charge in [0.25, 0.3) is 0 Å². The molecule has 0 bridgehead atoms. The Hall–Kier alpha value is -2.63. The first-order valence-electron chi connectivity index (χ1n) is 10.2. The first-order valence-corrected chi connectivity index (χ1v) is 10.2. The minimum Gasteiger partial charge on any atom is -0.497 e. The van der Waals surface area contributed by atoms with Gasteiger partial charge in [0.05, 0.1) is 25.4 Å². The molecule has 1 aliphatic carbocycles. The van der Waals surface area contributed by atoms with Gasteiger partial charge in [-0.3, -0.25) is 0 Å². The molecule has 2 unspecified atom stereocenters. The van der Waals surface area contributed by atoms with Crippen LogP contribution >= 0.6 is 0 Å². The third-order valence-electron chi connectivity index (χ3n) is 5.82. The van der Waals surface area contributed by atoms with E-state index in [9.17, 15) is 9.90 Å². The lowest BCUT2D eigenvalue weighted by atomic mass is 9.69. The second-order valence-electron chi connectivity index (χ2n) is 8.25. The zero-order valence-corrected chi connectivity index (χ0v) is 18.2. The fourth-order valence-corrected chi connectivity index (χ4v) is 4.32. The van der Waals surface area contributed by atoms with Gasteiger partial charge in [0.1, 0.15) is 5.75 Å². The van der Waals surface area contributed by atoms with Gasteiger partial charge in [-0.2, -0.15) is 0 Å². The fraction of sp³-hybridized carbons (Fsp3) is 0.400. The summed E-state index contributed by atoms with van der Waals surface area (Å²) >= 11 is 0. The van der Waals surface area contributed by atoms with Crippen LogP contribution in [0.15, 0.2) is 54.1 Å². The van der Waals surface area contributed by atoms with E-state index in [-0.39, 0.29) is 11.9 Å². The number of carbonyl (C=O) groups excluding carboxylic acids is 1. The summed E-state index contributed by atoms with van der Waals surface area (Å²) in [7, 11) is 7.10. The largest absolute Gasteiger partial charge is 0.497 e. The summed E-state index contributed by atoms with van der Waals surface area (Å²) in [5, 5.41) is 11.9. The van der Waals surface area contributed by atoms with Crippen LogP contribution in [-0.4, -0.2) is 50.8 Å². The molecular weight excluding hydrogens is 378 g/mol. The van der Waals surface area contributed by atoms with E-state index in [1.54, 1.807) is 13.2 Å². The highest BCUT2D eigenvalue weighted by Gasteiger charge is 2.42. The van der Waals surface area contributed by atoms with Crippen LogP contribution in [0.4, 0.5) is 0 Å². The summed E-state index contributed by atoms with van der Waals surface area (Å²) in [6, 6.07) is 15.1. The van der Waals surface area contributed by atoms with Gasteiger partial charge in [-0.25, -0.2) is 4.79 Å². The van der Waals surface area contributed by atoms with Crippen LogP contribution in [0, 0.1) is 5.92 Å². The molecule has 0 aliphatic heterocycles. The minimum atomic E-state index is -0.983. The molecule has 1 fully saturated rings. The molecule has 0 amide bonds. The summed E-state index contributed by atoms with van der Waals surface area (Å²) in [6.07, 6.45) is 4.42. The van der Waals surface area contributed by atoms with Crippen molar-refractivity contribution in [3.63, 3.8) is 0 Å². The molecular formula is C25H31NO4. The molecule has 1 saturated carbocycles. The van der Waals surface area contributed by atoms with Crippen LogP contribution < -0.4 is 4.74 Å². The average Bonchev–Trinajstić information content (AvgIpc) is 2.75. The summed E-state index contributed by atoms with van der Waals surface area (Å²) in [5.74, 6) is 0.502. The zero-order chi connectivity index (χ0) is 21.7. The smallest absolute Gasteiger partial charge is 0.337 e. The standard InChI is InChI=1S/C25H31NO4/c1-26(2)17-22-12-11-19(13-18-7-5-8-20(14-18)24(27)30-4)16-25(22,28)21-9-6-10-23(15-21)29-3/h5-10,13-15,22,28H,11-12,16-17H2,1-4H3/b19-13+. The van der Waals surface area contributed by atoms with Crippen LogP contribution in [0.5, 0.6) is 5.75 Å². The van der Waals surface area contributed by atoms with Crippen LogP contribution in [0.2, 0.25) is 0 Å². The number of aliphatic hydroxyl groups is 1. The van der Waals surface area contributed by atoms with Crippen molar-refractivity contribution in [1.29, 1.82) is 0 Å². The first kappa shape index (κ1) is 22.1. The molecule has 5 heteroatoms. The maximum atomic E-state index is 11.9. The molecule has 1 aliphatic rings. The van der Waals surface area contributed by atoms with Gasteiger partial charge in [0, 0.05) is 18.9 Å². The van der Waals surface area contributed by atoms with E-state index in [0.29, 0.717) is 12.0 Å². The van der Waals surface area contributed by atoms with Crippen LogP contribution in [-0.2, 0) is 10.3 Å². The first-order chi connectivity index (χ1) is 14.4. The number of ether oxygens (including phenoxy) is 2. The summed E-state index contributed by atoms with van der Waals surface area (Å²) in [5.41, 5.74) is 2.52. The van der Waals surface area contributed by atoms with Crippen molar-refractivity contribution in [3.8, 4) is 5.75 Å². The highest BCUT2D eigenvalue weighted by molar-refractivity contribution is 5.90. The molecule has 2 aromatic rings. The van der Waals surface area contributed by atoms with E-state index in [2.05, 4.69) is 11.0 Å². The van der Waals surface area contributed by atoms with Crippen molar-refractivity contribution in [1.82, 2.24) is 4.90 Å². The van der Waals surface area contributed by atoms with Gasteiger partial charge < -0.3 is 19.5 Å². The number of methoxy groups -OCH3 is 2. The fourth-order valence-electron chi connectivity index (χ4n) is 4.32. The average molecular weight is 410 g/mol. The van der Waals surface area contributed by atoms with E-state index >= 15 is 0 Å². The predicted octanol–water partition coefficient (Wildman–Crippen LogP) is 4.11. The topological polar surface area (TPSA) is 59.0 Å². The van der Waals surface area contributed by atoms with Crippen LogP contribution in [0.25, 0.3) is 6.08 Å². The minimum absolute atomic E-state index is 0.109. The third kappa shape index (κ3) is 4.91. The Morgan fingerprint density at radius 1 is 1.20 bits per heavy atom. The second-order valence-corrected chi connectivity index (χ2v) is 8.25. The molecule has 2 aromatic carbocycles. The maximum Gasteiger partial charge on any atom is 0.337 e. The highest BCUT2D eigenvalue weighted by Crippen LogP contribution is 2.45. The molecule has 3 rings (SSSR count).